The summed E-state index contributed by atoms with van der Waals surface area (Å²) in [5.41, 5.74) is 2.86. The highest BCUT2D eigenvalue weighted by Gasteiger charge is 2.22. The molecule has 2 amide bonds. The number of benzene rings is 1. The second-order valence-electron chi connectivity index (χ2n) is 6.54. The predicted octanol–water partition coefficient (Wildman–Crippen LogP) is 4.19. The van der Waals surface area contributed by atoms with Gasteiger partial charge in [0.1, 0.15) is 6.16 Å². The van der Waals surface area contributed by atoms with Crippen LogP contribution >= 0.6 is 7.60 Å². The number of ether oxygens (including phenoxy) is 1. The number of amides is 2. The Morgan fingerprint density at radius 2 is 1.91 bits per heavy atom. The van der Waals surface area contributed by atoms with Crippen LogP contribution in [0.3, 0.4) is 0 Å². The summed E-state index contributed by atoms with van der Waals surface area (Å²) in [6.07, 6.45) is 3.01. The zero-order valence-electron chi connectivity index (χ0n) is 18.9. The second kappa shape index (κ2) is 14.2. The molecule has 1 aromatic carbocycles. The smallest absolute Gasteiger partial charge is 0.411 e. The minimum absolute atomic E-state index is 0.0153. The van der Waals surface area contributed by atoms with Crippen molar-refractivity contribution in [3.05, 3.63) is 30.0 Å². The largest absolute Gasteiger partial charge is 0.453 e. The number of nitrogens with zero attached hydrogens (tertiary/aromatic N) is 1. The molecule has 0 aliphatic rings. The van der Waals surface area contributed by atoms with Crippen molar-refractivity contribution in [3.63, 3.8) is 0 Å². The maximum atomic E-state index is 11.3. The number of nitrogens with one attached hydrogen (secondary N) is 3. The molecular weight excluding hydrogens is 435 g/mol. The number of nitriles is 1. The van der Waals surface area contributed by atoms with Crippen molar-refractivity contribution < 1.29 is 27.9 Å². The highest BCUT2D eigenvalue weighted by Crippen LogP contribution is 2.47. The van der Waals surface area contributed by atoms with Crippen LogP contribution < -0.4 is 10.6 Å². The van der Waals surface area contributed by atoms with E-state index >= 15 is 0 Å². The molecule has 2 aromatic rings. The maximum absolute atomic E-state index is 11.3. The highest BCUT2D eigenvalue weighted by atomic mass is 31.2. The number of carbonyl (C=O) groups is 2. The molecule has 0 saturated heterocycles. The van der Waals surface area contributed by atoms with Gasteiger partial charge < -0.3 is 24.1 Å². The lowest BCUT2D eigenvalue weighted by atomic mass is 10.1. The molecule has 1 aromatic heterocycles. The summed E-state index contributed by atoms with van der Waals surface area (Å²) in [7, 11) is -1.75. The number of rotatable bonds is 10. The van der Waals surface area contributed by atoms with Crippen molar-refractivity contribution in [2.45, 2.75) is 33.6 Å². The summed E-state index contributed by atoms with van der Waals surface area (Å²) in [5, 5.41) is 14.8. The molecule has 0 aliphatic carbocycles. The average Bonchev–Trinajstić information content (AvgIpc) is 3.14. The van der Waals surface area contributed by atoms with E-state index in [1.54, 1.807) is 19.9 Å². The van der Waals surface area contributed by atoms with E-state index in [0.29, 0.717) is 25.4 Å². The molecule has 0 atom stereocenters. The fraction of sp³-hybridized carbons (Fsp3) is 0.476. The SMILES string of the molecule is CCOP(=O)(CC#N)OCC.COC(=O)Nc1ccc2[nH]cc(CCCNC(C)=O)c2c1. The lowest BCUT2D eigenvalue weighted by molar-refractivity contribution is -0.118. The first-order chi connectivity index (χ1) is 15.3. The summed E-state index contributed by atoms with van der Waals surface area (Å²) in [4.78, 5) is 25.3. The third kappa shape index (κ3) is 9.52. The Morgan fingerprint density at radius 1 is 1.22 bits per heavy atom. The number of carbonyl (C=O) groups excluding carboxylic acids is 2. The number of hydrogen-bond acceptors (Lipinski definition) is 7. The van der Waals surface area contributed by atoms with Gasteiger partial charge in [0.2, 0.25) is 5.91 Å². The number of hydrogen-bond donors (Lipinski definition) is 3. The normalized spacial score (nSPS) is 10.6. The molecule has 0 aliphatic heterocycles. The molecular formula is C21H31N4O6P. The molecule has 11 heteroatoms. The number of aromatic amines is 1. The summed E-state index contributed by atoms with van der Waals surface area (Å²) in [6.45, 7) is 6.20. The number of fused-ring (bicyclic) bond motifs is 1. The van der Waals surface area contributed by atoms with Crippen LogP contribution in [0.25, 0.3) is 10.9 Å². The van der Waals surface area contributed by atoms with E-state index in [4.69, 9.17) is 14.3 Å². The molecule has 0 unspecified atom stereocenters. The van der Waals surface area contributed by atoms with Gasteiger partial charge in [0.25, 0.3) is 0 Å². The van der Waals surface area contributed by atoms with Crippen molar-refractivity contribution >= 4 is 36.2 Å². The monoisotopic (exact) mass is 466 g/mol. The topological polar surface area (TPSA) is 143 Å². The van der Waals surface area contributed by atoms with E-state index in [-0.39, 0.29) is 12.1 Å². The van der Waals surface area contributed by atoms with Crippen LogP contribution in [0.15, 0.2) is 24.4 Å². The van der Waals surface area contributed by atoms with Gasteiger partial charge in [0, 0.05) is 36.3 Å². The Bertz CT molecular complexity index is 959. The van der Waals surface area contributed by atoms with Gasteiger partial charge >= 0.3 is 13.7 Å². The van der Waals surface area contributed by atoms with Gasteiger partial charge in [-0.25, -0.2) is 4.79 Å². The number of aromatic nitrogens is 1. The first-order valence-corrected chi connectivity index (χ1v) is 12.0. The van der Waals surface area contributed by atoms with Crippen molar-refractivity contribution in [1.82, 2.24) is 10.3 Å². The minimum atomic E-state index is -3.08. The molecule has 0 radical (unpaired) electrons. The fourth-order valence-electron chi connectivity index (χ4n) is 2.78. The highest BCUT2D eigenvalue weighted by molar-refractivity contribution is 7.54. The third-order valence-corrected chi connectivity index (χ3v) is 5.94. The maximum Gasteiger partial charge on any atom is 0.411 e. The van der Waals surface area contributed by atoms with Gasteiger partial charge in [-0.1, -0.05) is 0 Å². The van der Waals surface area contributed by atoms with Gasteiger partial charge in [0.05, 0.1) is 26.4 Å². The Kier molecular flexibility index (Phi) is 12.1. The van der Waals surface area contributed by atoms with E-state index in [1.807, 2.05) is 24.4 Å². The van der Waals surface area contributed by atoms with Gasteiger partial charge in [-0.05, 0) is 50.5 Å². The molecule has 32 heavy (non-hydrogen) atoms. The Labute approximate surface area is 188 Å². The Balaban J connectivity index is 0.000000396. The number of aryl methyl sites for hydroxylation is 1. The van der Waals surface area contributed by atoms with Crippen LogP contribution in [0, 0.1) is 11.3 Å². The molecule has 1 heterocycles. The van der Waals surface area contributed by atoms with Gasteiger partial charge in [0.15, 0.2) is 0 Å². The lowest BCUT2D eigenvalue weighted by Crippen LogP contribution is -2.21. The van der Waals surface area contributed by atoms with Crippen LogP contribution in [-0.4, -0.2) is 50.0 Å². The van der Waals surface area contributed by atoms with E-state index in [2.05, 4.69) is 20.4 Å². The quantitative estimate of drug-likeness (QED) is 0.352. The third-order valence-electron chi connectivity index (χ3n) is 4.11. The Hall–Kier alpha value is -2.86. The second-order valence-corrected chi connectivity index (χ2v) is 8.59. The summed E-state index contributed by atoms with van der Waals surface area (Å²) < 4.78 is 25.6. The van der Waals surface area contributed by atoms with Gasteiger partial charge in [-0.15, -0.1) is 0 Å². The van der Waals surface area contributed by atoms with Crippen molar-refractivity contribution in [2.24, 2.45) is 0 Å². The standard InChI is InChI=1S/C15H19N3O3.C6H12NO3P/c1-10(19)16-7-3-4-11-9-17-14-6-5-12(8-13(11)14)18-15(20)21-2;1-3-9-11(8,6-5-7)10-4-2/h5-6,8-9,17H,3-4,7H2,1-2H3,(H,16,19)(H,18,20);3-4,6H2,1-2H3. The number of H-pyrrole nitrogens is 1. The number of methoxy groups -OCH3 is 1. The van der Waals surface area contributed by atoms with Crippen LogP contribution in [0.4, 0.5) is 10.5 Å². The van der Waals surface area contributed by atoms with Gasteiger partial charge in [-0.2, -0.15) is 5.26 Å². The zero-order chi connectivity index (χ0) is 24.0. The molecule has 0 bridgehead atoms. The van der Waals surface area contributed by atoms with Crippen LogP contribution in [0.5, 0.6) is 0 Å². The van der Waals surface area contributed by atoms with Crippen molar-refractivity contribution in [2.75, 3.05) is 38.3 Å². The van der Waals surface area contributed by atoms with E-state index in [1.165, 1.54) is 14.0 Å². The zero-order valence-corrected chi connectivity index (χ0v) is 19.8. The predicted molar refractivity (Wildman–Crippen MR) is 123 cm³/mol. The number of anilines is 1. The van der Waals surface area contributed by atoms with Crippen LogP contribution in [-0.2, 0) is 29.6 Å². The summed E-state index contributed by atoms with van der Waals surface area (Å²) >= 11 is 0. The summed E-state index contributed by atoms with van der Waals surface area (Å²) in [6, 6.07) is 7.41. The molecule has 3 N–H and O–H groups in total. The Morgan fingerprint density at radius 3 is 2.47 bits per heavy atom. The van der Waals surface area contributed by atoms with Crippen molar-refractivity contribution in [1.29, 1.82) is 5.26 Å². The van der Waals surface area contributed by atoms with E-state index < -0.39 is 13.7 Å². The minimum Gasteiger partial charge on any atom is -0.453 e. The van der Waals surface area contributed by atoms with E-state index in [9.17, 15) is 14.2 Å². The molecule has 0 saturated carbocycles. The molecule has 0 fully saturated rings. The molecule has 2 rings (SSSR count). The van der Waals surface area contributed by atoms with E-state index in [0.717, 1.165) is 29.3 Å². The molecule has 0 spiro atoms. The fourth-order valence-corrected chi connectivity index (χ4v) is 4.00. The lowest BCUT2D eigenvalue weighted by Gasteiger charge is -2.12. The van der Waals surface area contributed by atoms with Crippen LogP contribution in [0.2, 0.25) is 0 Å². The van der Waals surface area contributed by atoms with Crippen molar-refractivity contribution in [3.8, 4) is 6.07 Å². The van der Waals surface area contributed by atoms with Gasteiger partial charge in [-0.3, -0.25) is 14.7 Å². The first-order valence-electron chi connectivity index (χ1n) is 10.2. The molecule has 176 valence electrons. The van der Waals surface area contributed by atoms with Crippen LogP contribution in [0.1, 0.15) is 32.8 Å². The summed E-state index contributed by atoms with van der Waals surface area (Å²) in [5.74, 6) is -0.0153. The first kappa shape index (κ1) is 27.2. The molecule has 10 nitrogen and oxygen atoms in total. The average molecular weight is 466 g/mol.